The number of carbonyl (C=O) groups excluding carboxylic acids is 1. The van der Waals surface area contributed by atoms with Crippen molar-refractivity contribution in [1.82, 2.24) is 0 Å². The quantitative estimate of drug-likeness (QED) is 0.843. The Bertz CT molecular complexity index is 596. The predicted octanol–water partition coefficient (Wildman–Crippen LogP) is 3.36. The fraction of sp³-hybridized carbons (Fsp3) is 0.0769. The van der Waals surface area contributed by atoms with Crippen LogP contribution in [0.1, 0.15) is 15.2 Å². The first kappa shape index (κ1) is 12.7. The second-order valence-corrected chi connectivity index (χ2v) is 5.08. The van der Waals surface area contributed by atoms with Crippen LogP contribution in [0.15, 0.2) is 40.6 Å². The molecule has 1 amide bonds. The van der Waals surface area contributed by atoms with E-state index < -0.39 is 0 Å². The van der Waals surface area contributed by atoms with Crippen LogP contribution in [-0.2, 0) is 6.42 Å². The molecule has 0 aliphatic rings. The zero-order valence-corrected chi connectivity index (χ0v) is 11.1. The molecule has 2 rings (SSSR count). The number of benzene rings is 1. The van der Waals surface area contributed by atoms with Crippen molar-refractivity contribution in [2.24, 2.45) is 0 Å². The smallest absolute Gasteiger partial charge is 0.265 e. The largest absolute Gasteiger partial charge is 0.321 e. The van der Waals surface area contributed by atoms with Gasteiger partial charge in [-0.3, -0.25) is 4.79 Å². The van der Waals surface area contributed by atoms with Crippen molar-refractivity contribution in [3.63, 3.8) is 0 Å². The van der Waals surface area contributed by atoms with Gasteiger partial charge in [0.25, 0.3) is 5.91 Å². The maximum Gasteiger partial charge on any atom is 0.265 e. The molecule has 5 heteroatoms. The van der Waals surface area contributed by atoms with Gasteiger partial charge in [-0.1, -0.05) is 12.1 Å². The molecule has 1 aromatic heterocycles. The maximum absolute atomic E-state index is 11.9. The van der Waals surface area contributed by atoms with Crippen LogP contribution in [0.4, 0.5) is 5.69 Å². The number of nitriles is 1. The minimum atomic E-state index is -0.145. The van der Waals surface area contributed by atoms with Crippen LogP contribution in [0.2, 0.25) is 0 Å². The molecule has 0 spiro atoms. The molecule has 0 unspecified atom stereocenters. The molecule has 1 aromatic carbocycles. The highest BCUT2D eigenvalue weighted by Crippen LogP contribution is 2.19. The molecule has 2 aromatic rings. The first-order valence-corrected chi connectivity index (χ1v) is 6.56. The lowest BCUT2D eigenvalue weighted by molar-refractivity contribution is 0.103. The van der Waals surface area contributed by atoms with E-state index >= 15 is 0 Å². The lowest BCUT2D eigenvalue weighted by Crippen LogP contribution is -2.09. The molecular formula is C13H10N2OS2. The first-order valence-electron chi connectivity index (χ1n) is 5.24. The third-order valence-corrected chi connectivity index (χ3v) is 3.67. The zero-order chi connectivity index (χ0) is 13.0. The Morgan fingerprint density at radius 1 is 1.39 bits per heavy atom. The molecule has 0 bridgehead atoms. The molecule has 0 aliphatic heterocycles. The van der Waals surface area contributed by atoms with E-state index in [2.05, 4.69) is 24.0 Å². The van der Waals surface area contributed by atoms with E-state index in [1.807, 2.05) is 17.5 Å². The lowest BCUT2D eigenvalue weighted by atomic mass is 10.1. The molecule has 3 nitrogen and oxygen atoms in total. The molecule has 0 saturated heterocycles. The minimum absolute atomic E-state index is 0.145. The van der Waals surface area contributed by atoms with E-state index in [1.54, 1.807) is 18.2 Å². The van der Waals surface area contributed by atoms with Gasteiger partial charge in [0.15, 0.2) is 0 Å². The van der Waals surface area contributed by atoms with Crippen LogP contribution >= 0.6 is 24.0 Å². The summed E-state index contributed by atoms with van der Waals surface area (Å²) >= 11 is 5.52. The van der Waals surface area contributed by atoms with Crippen molar-refractivity contribution in [2.45, 2.75) is 11.3 Å². The Balaban J connectivity index is 2.05. The number of rotatable bonds is 3. The van der Waals surface area contributed by atoms with Crippen molar-refractivity contribution >= 4 is 35.6 Å². The SMILES string of the molecule is N#CCc1ccc(NC(=O)c2cc(S)cs2)cc1. The second-order valence-electron chi connectivity index (χ2n) is 3.66. The molecule has 0 saturated carbocycles. The minimum Gasteiger partial charge on any atom is -0.321 e. The summed E-state index contributed by atoms with van der Waals surface area (Å²) in [5.41, 5.74) is 1.65. The highest BCUT2D eigenvalue weighted by atomic mass is 32.1. The molecule has 1 N–H and O–H groups in total. The van der Waals surface area contributed by atoms with Crippen molar-refractivity contribution in [3.05, 3.63) is 46.2 Å². The summed E-state index contributed by atoms with van der Waals surface area (Å²) in [5.74, 6) is -0.145. The van der Waals surface area contributed by atoms with Gasteiger partial charge in [0, 0.05) is 16.0 Å². The monoisotopic (exact) mass is 274 g/mol. The van der Waals surface area contributed by atoms with Gasteiger partial charge in [-0.2, -0.15) is 5.26 Å². The van der Waals surface area contributed by atoms with Gasteiger partial charge in [-0.05, 0) is 23.8 Å². The highest BCUT2D eigenvalue weighted by molar-refractivity contribution is 7.80. The van der Waals surface area contributed by atoms with Crippen LogP contribution in [-0.4, -0.2) is 5.91 Å². The Labute approximate surface area is 114 Å². The van der Waals surface area contributed by atoms with Gasteiger partial charge in [-0.25, -0.2) is 0 Å². The number of hydrogen-bond donors (Lipinski definition) is 2. The van der Waals surface area contributed by atoms with Gasteiger partial charge in [0.05, 0.1) is 17.4 Å². The summed E-state index contributed by atoms with van der Waals surface area (Å²) in [4.78, 5) is 13.3. The number of thiophene rings is 1. The molecule has 0 aliphatic carbocycles. The van der Waals surface area contributed by atoms with Gasteiger partial charge in [0.2, 0.25) is 0 Å². The van der Waals surface area contributed by atoms with Gasteiger partial charge >= 0.3 is 0 Å². The Morgan fingerprint density at radius 3 is 2.67 bits per heavy atom. The number of anilines is 1. The highest BCUT2D eigenvalue weighted by Gasteiger charge is 2.08. The molecule has 90 valence electrons. The van der Waals surface area contributed by atoms with Gasteiger partial charge < -0.3 is 5.32 Å². The van der Waals surface area contributed by atoms with E-state index in [1.165, 1.54) is 11.3 Å². The van der Waals surface area contributed by atoms with Crippen LogP contribution in [0.5, 0.6) is 0 Å². The fourth-order valence-corrected chi connectivity index (χ4v) is 2.48. The Morgan fingerprint density at radius 2 is 2.11 bits per heavy atom. The summed E-state index contributed by atoms with van der Waals surface area (Å²) in [6.07, 6.45) is 0.377. The van der Waals surface area contributed by atoms with E-state index in [4.69, 9.17) is 5.26 Å². The molecular weight excluding hydrogens is 264 g/mol. The van der Waals surface area contributed by atoms with Crippen molar-refractivity contribution in [1.29, 1.82) is 5.26 Å². The third-order valence-electron chi connectivity index (χ3n) is 2.30. The van der Waals surface area contributed by atoms with Crippen molar-refractivity contribution in [3.8, 4) is 6.07 Å². The molecule has 1 heterocycles. The normalized spacial score (nSPS) is 9.78. The summed E-state index contributed by atoms with van der Waals surface area (Å²) in [7, 11) is 0. The van der Waals surface area contributed by atoms with Gasteiger partial charge in [0.1, 0.15) is 0 Å². The lowest BCUT2D eigenvalue weighted by Gasteiger charge is -2.03. The van der Waals surface area contributed by atoms with Crippen LogP contribution in [0.25, 0.3) is 0 Å². The second kappa shape index (κ2) is 5.71. The summed E-state index contributed by atoms with van der Waals surface area (Å²) in [6.45, 7) is 0. The van der Waals surface area contributed by atoms with Crippen molar-refractivity contribution < 1.29 is 4.79 Å². The number of thiol groups is 1. The van der Waals surface area contributed by atoms with Crippen LogP contribution in [0.3, 0.4) is 0 Å². The number of hydrogen-bond acceptors (Lipinski definition) is 4. The van der Waals surface area contributed by atoms with Crippen molar-refractivity contribution in [2.75, 3.05) is 5.32 Å². The van der Waals surface area contributed by atoms with E-state index in [9.17, 15) is 4.79 Å². The fourth-order valence-electron chi connectivity index (χ4n) is 1.44. The number of amides is 1. The Hall–Kier alpha value is -1.77. The predicted molar refractivity (Wildman–Crippen MR) is 75.3 cm³/mol. The van der Waals surface area contributed by atoms with E-state index in [-0.39, 0.29) is 5.91 Å². The number of nitrogens with zero attached hydrogens (tertiary/aromatic N) is 1. The van der Waals surface area contributed by atoms with Crippen LogP contribution in [0, 0.1) is 11.3 Å². The molecule has 18 heavy (non-hydrogen) atoms. The molecule has 0 atom stereocenters. The number of carbonyl (C=O) groups is 1. The standard InChI is InChI=1S/C13H10N2OS2/c14-6-5-9-1-3-10(4-2-9)15-13(16)12-7-11(17)8-18-12/h1-4,7-8,17H,5H2,(H,15,16). The Kier molecular flexibility index (Phi) is 4.03. The van der Waals surface area contributed by atoms with E-state index in [0.29, 0.717) is 11.3 Å². The molecule has 0 radical (unpaired) electrons. The number of nitrogens with one attached hydrogen (secondary N) is 1. The third kappa shape index (κ3) is 3.13. The topological polar surface area (TPSA) is 52.9 Å². The first-order chi connectivity index (χ1) is 8.69. The average Bonchev–Trinajstić information content (AvgIpc) is 2.79. The summed E-state index contributed by atoms with van der Waals surface area (Å²) < 4.78 is 0. The molecule has 0 fully saturated rings. The zero-order valence-electron chi connectivity index (χ0n) is 9.38. The average molecular weight is 274 g/mol. The van der Waals surface area contributed by atoms with Crippen LogP contribution < -0.4 is 5.32 Å². The summed E-state index contributed by atoms with van der Waals surface area (Å²) in [6, 6.07) is 11.1. The van der Waals surface area contributed by atoms with E-state index in [0.717, 1.165) is 16.1 Å². The summed E-state index contributed by atoms with van der Waals surface area (Å²) in [5, 5.41) is 13.2. The maximum atomic E-state index is 11.9. The van der Waals surface area contributed by atoms with Gasteiger partial charge in [-0.15, -0.1) is 24.0 Å².